The first-order valence-electron chi connectivity index (χ1n) is 17.5. The van der Waals surface area contributed by atoms with E-state index in [1.54, 1.807) is 6.07 Å². The Morgan fingerprint density at radius 1 is 0.870 bits per heavy atom. The molecule has 0 radical (unpaired) electrons. The quantitative estimate of drug-likeness (QED) is 0.196. The zero-order valence-corrected chi connectivity index (χ0v) is 30.9. The molecule has 2 aliphatic carbocycles. The molecule has 2 aromatic carbocycles. The zero-order valence-electron chi connectivity index (χ0n) is 28.5. The molecule has 2 aromatic heterocycles. The Hall–Kier alpha value is -3.94. The fourth-order valence-corrected chi connectivity index (χ4v) is 13.5. The van der Waals surface area contributed by atoms with Gasteiger partial charge in [-0.2, -0.15) is 0 Å². The third kappa shape index (κ3) is 6.29. The molecule has 11 nitrogen and oxygen atoms in total. The summed E-state index contributed by atoms with van der Waals surface area (Å²) in [5, 5.41) is 3.84. The summed E-state index contributed by atoms with van der Waals surface area (Å²) in [6.07, 6.45) is 4.17. The third-order valence-electron chi connectivity index (χ3n) is 11.3. The molecular weight excluding hydrogens is 774 g/mol. The molecule has 2 saturated carbocycles. The fourth-order valence-electron chi connectivity index (χ4n) is 8.89. The summed E-state index contributed by atoms with van der Waals surface area (Å²) in [4.78, 5) is 17.5. The molecule has 2 unspecified atom stereocenters. The number of benzene rings is 2. The number of sulfonamides is 1. The second-order valence-corrected chi connectivity index (χ2v) is 19.9. The number of fused-ring (bicyclic) bond motifs is 2. The highest BCUT2D eigenvalue weighted by molar-refractivity contribution is 7.93. The molecule has 5 heterocycles. The van der Waals surface area contributed by atoms with Crippen LogP contribution >= 0.6 is 11.3 Å². The van der Waals surface area contributed by atoms with Gasteiger partial charge in [-0.25, -0.2) is 53.7 Å². The van der Waals surface area contributed by atoms with Crippen LogP contribution in [-0.2, 0) is 19.9 Å². The minimum Gasteiger partial charge on any atom is -0.351 e. The van der Waals surface area contributed by atoms with E-state index >= 15 is 4.39 Å². The number of thiazole rings is 1. The SMILES string of the molecule is O=S1(=O)CC2(CC(Nc3nccc(-c4sc(N5C6CCC5CN(C5CC(F)(F)C5)C6)nc4-c4cccc(NS(=O)(=O)c5c(F)cccc5F)c4F)n3)C2)C1. The van der Waals surface area contributed by atoms with Crippen molar-refractivity contribution in [1.29, 1.82) is 0 Å². The summed E-state index contributed by atoms with van der Waals surface area (Å²) in [5.41, 5.74) is -0.307. The highest BCUT2D eigenvalue weighted by Gasteiger charge is 2.56. The average Bonchev–Trinajstić information content (AvgIpc) is 3.60. The van der Waals surface area contributed by atoms with Gasteiger partial charge < -0.3 is 10.2 Å². The standard InChI is InChI=1S/C35H34F5N7O4S3/c36-24-4-2-5-25(37)31(24)54(50,51)45-26-6-1-3-23(28(26)38)29-30(27-9-10-41-32(43-27)42-19-11-34(12-19)17-53(48,49)18-34)52-33(44-29)47-20-7-8-21(47)16-46(15-20)22-13-35(39,40)14-22/h1-6,9-10,19-22,45H,7-8,11-18H2,(H,41,42,43). The van der Waals surface area contributed by atoms with Gasteiger partial charge in [-0.3, -0.25) is 9.62 Å². The van der Waals surface area contributed by atoms with Crippen LogP contribution in [-0.4, -0.2) is 91.4 Å². The van der Waals surface area contributed by atoms with Gasteiger partial charge in [0.2, 0.25) is 5.95 Å². The Morgan fingerprint density at radius 2 is 1.54 bits per heavy atom. The summed E-state index contributed by atoms with van der Waals surface area (Å²) in [6, 6.07) is 7.92. The van der Waals surface area contributed by atoms with Gasteiger partial charge in [0.25, 0.3) is 15.9 Å². The summed E-state index contributed by atoms with van der Waals surface area (Å²) < 4.78 is 125. The molecule has 0 amide bonds. The average molecular weight is 808 g/mol. The number of hydrogen-bond donors (Lipinski definition) is 2. The van der Waals surface area contributed by atoms with E-state index in [0.717, 1.165) is 37.1 Å². The Bertz CT molecular complexity index is 2340. The number of piperazine rings is 1. The van der Waals surface area contributed by atoms with E-state index in [0.29, 0.717) is 41.6 Å². The molecule has 286 valence electrons. The Morgan fingerprint density at radius 3 is 2.19 bits per heavy atom. The number of anilines is 3. The minimum atomic E-state index is -4.90. The topological polar surface area (TPSA) is 137 Å². The van der Waals surface area contributed by atoms with E-state index in [1.165, 1.54) is 29.7 Å². The normalized spacial score (nSPS) is 24.5. The zero-order chi connectivity index (χ0) is 37.8. The molecule has 5 fully saturated rings. The van der Waals surface area contributed by atoms with Crippen LogP contribution in [0.1, 0.15) is 38.5 Å². The number of likely N-dealkylation sites (tertiary alicyclic amines) is 1. The van der Waals surface area contributed by atoms with Crippen molar-refractivity contribution in [2.24, 2.45) is 5.41 Å². The van der Waals surface area contributed by atoms with Crippen LogP contribution in [0.4, 0.5) is 38.7 Å². The van der Waals surface area contributed by atoms with Gasteiger partial charge in [0.1, 0.15) is 11.6 Å². The van der Waals surface area contributed by atoms with E-state index in [9.17, 15) is 34.4 Å². The van der Waals surface area contributed by atoms with Crippen LogP contribution in [0, 0.1) is 22.9 Å². The first kappa shape index (κ1) is 35.7. The Kier molecular flexibility index (Phi) is 8.30. The number of sulfone groups is 1. The van der Waals surface area contributed by atoms with Crippen molar-refractivity contribution in [2.45, 2.75) is 73.5 Å². The molecule has 2 N–H and O–H groups in total. The Labute approximate surface area is 312 Å². The van der Waals surface area contributed by atoms with Crippen molar-refractivity contribution in [3.05, 3.63) is 66.1 Å². The van der Waals surface area contributed by atoms with Gasteiger partial charge in [-0.15, -0.1) is 0 Å². The van der Waals surface area contributed by atoms with E-state index in [2.05, 4.69) is 20.1 Å². The molecule has 19 heteroatoms. The fraction of sp³-hybridized carbons (Fsp3) is 0.457. The lowest BCUT2D eigenvalue weighted by atomic mass is 9.67. The van der Waals surface area contributed by atoms with Crippen LogP contribution < -0.4 is 14.9 Å². The van der Waals surface area contributed by atoms with Crippen LogP contribution in [0.15, 0.2) is 53.6 Å². The third-order valence-corrected chi connectivity index (χ3v) is 15.9. The van der Waals surface area contributed by atoms with E-state index in [-0.39, 0.29) is 71.1 Å². The maximum atomic E-state index is 16.5. The van der Waals surface area contributed by atoms with Crippen molar-refractivity contribution in [1.82, 2.24) is 19.9 Å². The summed E-state index contributed by atoms with van der Waals surface area (Å²) in [6.45, 7) is 1.15. The first-order valence-corrected chi connectivity index (χ1v) is 21.7. The van der Waals surface area contributed by atoms with Gasteiger partial charge in [0, 0.05) is 67.3 Å². The van der Waals surface area contributed by atoms with Crippen molar-refractivity contribution >= 4 is 48.0 Å². The summed E-state index contributed by atoms with van der Waals surface area (Å²) >= 11 is 1.27. The van der Waals surface area contributed by atoms with Crippen LogP contribution in [0.25, 0.3) is 21.8 Å². The maximum absolute atomic E-state index is 16.5. The summed E-state index contributed by atoms with van der Waals surface area (Å²) in [7, 11) is -7.88. The lowest BCUT2D eigenvalue weighted by molar-refractivity contribution is -0.127. The van der Waals surface area contributed by atoms with Gasteiger partial charge in [-0.1, -0.05) is 23.5 Å². The van der Waals surface area contributed by atoms with Crippen LogP contribution in [0.3, 0.4) is 0 Å². The predicted octanol–water partition coefficient (Wildman–Crippen LogP) is 5.93. The second-order valence-electron chi connectivity index (χ2n) is 15.2. The van der Waals surface area contributed by atoms with E-state index < -0.39 is 53.8 Å². The number of alkyl halides is 2. The number of halogens is 5. The van der Waals surface area contributed by atoms with Crippen molar-refractivity contribution in [3.8, 4) is 21.8 Å². The molecular formula is C35H34F5N7O4S3. The molecule has 54 heavy (non-hydrogen) atoms. The number of aromatic nitrogens is 3. The molecule has 9 rings (SSSR count). The van der Waals surface area contributed by atoms with Crippen LogP contribution in [0.2, 0.25) is 0 Å². The number of hydrogen-bond acceptors (Lipinski definition) is 11. The van der Waals surface area contributed by atoms with E-state index in [1.807, 2.05) is 4.72 Å². The lowest BCUT2D eigenvalue weighted by Crippen LogP contribution is -2.61. The first-order chi connectivity index (χ1) is 25.6. The predicted molar refractivity (Wildman–Crippen MR) is 192 cm³/mol. The molecule has 5 aliphatic rings. The van der Waals surface area contributed by atoms with Gasteiger partial charge >= 0.3 is 0 Å². The maximum Gasteiger partial charge on any atom is 0.267 e. The molecule has 2 bridgehead atoms. The van der Waals surface area contributed by atoms with Crippen molar-refractivity contribution in [3.63, 3.8) is 0 Å². The minimum absolute atomic E-state index is 0.0210. The number of rotatable bonds is 9. The Balaban J connectivity index is 1.05. The highest BCUT2D eigenvalue weighted by Crippen LogP contribution is 2.51. The number of nitrogens with one attached hydrogen (secondary N) is 2. The van der Waals surface area contributed by atoms with Gasteiger partial charge in [-0.05, 0) is 56.0 Å². The molecule has 4 aromatic rings. The molecule has 3 saturated heterocycles. The molecule has 1 spiro atoms. The highest BCUT2D eigenvalue weighted by atomic mass is 32.2. The number of nitrogens with zero attached hydrogens (tertiary/aromatic N) is 5. The summed E-state index contributed by atoms with van der Waals surface area (Å²) in [5.74, 6) is -5.72. The van der Waals surface area contributed by atoms with Gasteiger partial charge in [0.15, 0.2) is 25.7 Å². The van der Waals surface area contributed by atoms with E-state index in [4.69, 9.17) is 9.97 Å². The largest absolute Gasteiger partial charge is 0.351 e. The van der Waals surface area contributed by atoms with Crippen molar-refractivity contribution < 1.29 is 38.8 Å². The molecule has 3 aliphatic heterocycles. The van der Waals surface area contributed by atoms with Crippen molar-refractivity contribution in [2.75, 3.05) is 39.5 Å². The monoisotopic (exact) mass is 807 g/mol. The van der Waals surface area contributed by atoms with Crippen LogP contribution in [0.5, 0.6) is 0 Å². The lowest BCUT2D eigenvalue weighted by Gasteiger charge is -2.53. The second kappa shape index (κ2) is 12.5. The molecule has 2 atom stereocenters. The smallest absolute Gasteiger partial charge is 0.267 e. The van der Waals surface area contributed by atoms with Gasteiger partial charge in [0.05, 0.1) is 33.5 Å².